The summed E-state index contributed by atoms with van der Waals surface area (Å²) in [5.74, 6) is -1.62. The molecule has 1 aliphatic rings. The predicted octanol–water partition coefficient (Wildman–Crippen LogP) is 2.29. The van der Waals surface area contributed by atoms with Gasteiger partial charge >= 0.3 is 5.97 Å². The van der Waals surface area contributed by atoms with Gasteiger partial charge in [0.25, 0.3) is 5.56 Å². The molecule has 1 heterocycles. The van der Waals surface area contributed by atoms with E-state index in [0.29, 0.717) is 0 Å². The molecule has 0 radical (unpaired) electrons. The molecule has 0 fully saturated rings. The summed E-state index contributed by atoms with van der Waals surface area (Å²) in [5, 5.41) is 16.8. The number of carbonyl (C=O) groups is 2. The van der Waals surface area contributed by atoms with E-state index < -0.39 is 11.5 Å². The Morgan fingerprint density at radius 1 is 1.11 bits per heavy atom. The zero-order valence-electron chi connectivity index (χ0n) is 15.1. The maximum absolute atomic E-state index is 12.7. The highest BCUT2D eigenvalue weighted by atomic mass is 16.4. The van der Waals surface area contributed by atoms with Crippen LogP contribution < -0.4 is 10.9 Å². The number of carbonyl (C=O) groups excluding carboxylic acids is 1. The van der Waals surface area contributed by atoms with Crippen molar-refractivity contribution in [1.29, 1.82) is 0 Å². The van der Waals surface area contributed by atoms with Gasteiger partial charge in [0.2, 0.25) is 5.91 Å². The van der Waals surface area contributed by atoms with Gasteiger partial charge in [0, 0.05) is 5.39 Å². The van der Waals surface area contributed by atoms with Gasteiger partial charge in [0.15, 0.2) is 5.69 Å². The molecule has 2 aromatic carbocycles. The van der Waals surface area contributed by atoms with Gasteiger partial charge in [0.05, 0.1) is 11.4 Å². The van der Waals surface area contributed by atoms with Crippen molar-refractivity contribution < 1.29 is 14.7 Å². The van der Waals surface area contributed by atoms with Gasteiger partial charge in [0.1, 0.15) is 6.54 Å². The summed E-state index contributed by atoms with van der Waals surface area (Å²) in [6.45, 7) is -0.331. The number of carboxylic acid groups (broad SMARTS) is 1. The average Bonchev–Trinajstić information content (AvgIpc) is 2.70. The highest BCUT2D eigenvalue weighted by Gasteiger charge is 2.22. The standard InChI is InChI=1S/C21H19N3O4/c25-18(22-17-11-5-7-13-6-1-2-8-14(13)17)12-24-20(26)16-10-4-3-9-15(16)19(23-24)21(27)28/h1-4,6,8-10,17H,5,7,11-12H2,(H,22,25)(H,27,28)/t17-/m1/s1. The molecule has 0 bridgehead atoms. The number of carboxylic acids is 1. The second-order valence-electron chi connectivity index (χ2n) is 6.87. The van der Waals surface area contributed by atoms with Crippen LogP contribution in [-0.4, -0.2) is 26.8 Å². The van der Waals surface area contributed by atoms with Gasteiger partial charge < -0.3 is 10.4 Å². The van der Waals surface area contributed by atoms with Crippen molar-refractivity contribution in [1.82, 2.24) is 15.1 Å². The zero-order chi connectivity index (χ0) is 19.7. The third-order valence-electron chi connectivity index (χ3n) is 5.07. The molecule has 7 nitrogen and oxygen atoms in total. The van der Waals surface area contributed by atoms with E-state index >= 15 is 0 Å². The number of amides is 1. The lowest BCUT2D eigenvalue weighted by Crippen LogP contribution is -2.37. The topological polar surface area (TPSA) is 101 Å². The molecule has 7 heteroatoms. The minimum absolute atomic E-state index is 0.118. The SMILES string of the molecule is O=C(Cn1nc(C(=O)O)c2ccccc2c1=O)N[C@@H]1CCCc2ccccc21. The van der Waals surface area contributed by atoms with Crippen LogP contribution in [0.1, 0.15) is 40.5 Å². The van der Waals surface area contributed by atoms with Gasteiger partial charge in [-0.25, -0.2) is 9.48 Å². The highest BCUT2D eigenvalue weighted by molar-refractivity contribution is 6.01. The van der Waals surface area contributed by atoms with Crippen molar-refractivity contribution in [3.05, 3.63) is 75.7 Å². The van der Waals surface area contributed by atoms with Crippen LogP contribution >= 0.6 is 0 Å². The van der Waals surface area contributed by atoms with E-state index in [1.54, 1.807) is 12.1 Å². The summed E-state index contributed by atoms with van der Waals surface area (Å²) in [6.07, 6.45) is 2.78. The lowest BCUT2D eigenvalue weighted by molar-refractivity contribution is -0.122. The molecular weight excluding hydrogens is 358 g/mol. The monoisotopic (exact) mass is 377 g/mol. The second kappa shape index (κ2) is 7.26. The fourth-order valence-electron chi connectivity index (χ4n) is 3.78. The van der Waals surface area contributed by atoms with Crippen LogP contribution in [0.4, 0.5) is 0 Å². The normalized spacial score (nSPS) is 15.8. The lowest BCUT2D eigenvalue weighted by atomic mass is 9.88. The number of benzene rings is 2. The van der Waals surface area contributed by atoms with Crippen molar-refractivity contribution in [2.75, 3.05) is 0 Å². The quantitative estimate of drug-likeness (QED) is 0.726. The van der Waals surface area contributed by atoms with Crippen LogP contribution in [-0.2, 0) is 17.8 Å². The van der Waals surface area contributed by atoms with Crippen LogP contribution in [0.25, 0.3) is 10.8 Å². The lowest BCUT2D eigenvalue weighted by Gasteiger charge is -2.26. The summed E-state index contributed by atoms with van der Waals surface area (Å²) in [4.78, 5) is 36.8. The molecule has 0 saturated carbocycles. The van der Waals surface area contributed by atoms with Crippen LogP contribution in [0.5, 0.6) is 0 Å². The van der Waals surface area contributed by atoms with Gasteiger partial charge in [-0.05, 0) is 36.5 Å². The van der Waals surface area contributed by atoms with Gasteiger partial charge in [-0.15, -0.1) is 0 Å². The minimum Gasteiger partial charge on any atom is -0.476 e. The smallest absolute Gasteiger partial charge is 0.357 e. The Kier molecular flexibility index (Phi) is 4.65. The van der Waals surface area contributed by atoms with Crippen LogP contribution in [0, 0.1) is 0 Å². The maximum Gasteiger partial charge on any atom is 0.357 e. The molecule has 1 atom stereocenters. The van der Waals surface area contributed by atoms with Crippen molar-refractivity contribution in [2.45, 2.75) is 31.8 Å². The van der Waals surface area contributed by atoms with E-state index in [1.807, 2.05) is 18.2 Å². The Balaban J connectivity index is 1.62. The van der Waals surface area contributed by atoms with E-state index in [4.69, 9.17) is 0 Å². The van der Waals surface area contributed by atoms with Crippen LogP contribution in [0.15, 0.2) is 53.3 Å². The second-order valence-corrected chi connectivity index (χ2v) is 6.87. The summed E-state index contributed by atoms with van der Waals surface area (Å²) in [7, 11) is 0. The first-order valence-electron chi connectivity index (χ1n) is 9.15. The summed E-state index contributed by atoms with van der Waals surface area (Å²) >= 11 is 0. The molecule has 0 spiro atoms. The Labute approximate surface area is 160 Å². The third kappa shape index (κ3) is 3.26. The van der Waals surface area contributed by atoms with Gasteiger partial charge in [-0.1, -0.05) is 42.5 Å². The fraction of sp³-hybridized carbons (Fsp3) is 0.238. The third-order valence-corrected chi connectivity index (χ3v) is 5.07. The van der Waals surface area contributed by atoms with Gasteiger partial charge in [-0.3, -0.25) is 9.59 Å². The van der Waals surface area contributed by atoms with E-state index in [9.17, 15) is 19.5 Å². The molecule has 2 N–H and O–H groups in total. The number of aryl methyl sites for hydroxylation is 1. The molecule has 1 aliphatic carbocycles. The largest absolute Gasteiger partial charge is 0.476 e. The number of nitrogens with zero attached hydrogens (tertiary/aromatic N) is 2. The first-order chi connectivity index (χ1) is 13.5. The maximum atomic E-state index is 12.7. The molecule has 0 saturated heterocycles. The Bertz CT molecular complexity index is 1140. The van der Waals surface area contributed by atoms with Crippen molar-refractivity contribution in [2.24, 2.45) is 0 Å². The number of nitrogens with one attached hydrogen (secondary N) is 1. The number of hydrogen-bond acceptors (Lipinski definition) is 4. The Morgan fingerprint density at radius 3 is 2.61 bits per heavy atom. The van der Waals surface area contributed by atoms with Crippen LogP contribution in [0.3, 0.4) is 0 Å². The summed E-state index contributed by atoms with van der Waals surface area (Å²) in [6, 6.07) is 14.2. The van der Waals surface area contributed by atoms with Crippen molar-refractivity contribution >= 4 is 22.6 Å². The molecule has 3 aromatic rings. The van der Waals surface area contributed by atoms with E-state index in [2.05, 4.69) is 16.5 Å². The predicted molar refractivity (Wildman–Crippen MR) is 103 cm³/mol. The minimum atomic E-state index is -1.24. The first kappa shape index (κ1) is 17.9. The van der Waals surface area contributed by atoms with Crippen molar-refractivity contribution in [3.8, 4) is 0 Å². The van der Waals surface area contributed by atoms with Crippen molar-refractivity contribution in [3.63, 3.8) is 0 Å². The number of hydrogen-bond donors (Lipinski definition) is 2. The Morgan fingerprint density at radius 2 is 1.82 bits per heavy atom. The Hall–Kier alpha value is -3.48. The van der Waals surface area contributed by atoms with E-state index in [1.165, 1.54) is 17.7 Å². The molecule has 142 valence electrons. The highest BCUT2D eigenvalue weighted by Crippen LogP contribution is 2.29. The molecule has 4 rings (SSSR count). The van der Waals surface area contributed by atoms with E-state index in [0.717, 1.165) is 29.5 Å². The average molecular weight is 377 g/mol. The molecule has 1 amide bonds. The molecule has 28 heavy (non-hydrogen) atoms. The number of aromatic carboxylic acids is 1. The fourth-order valence-corrected chi connectivity index (χ4v) is 3.78. The molecule has 0 unspecified atom stereocenters. The number of rotatable bonds is 4. The number of aromatic nitrogens is 2. The summed E-state index contributed by atoms with van der Waals surface area (Å²) in [5.41, 5.74) is 1.58. The molecule has 0 aliphatic heterocycles. The zero-order valence-corrected chi connectivity index (χ0v) is 15.1. The van der Waals surface area contributed by atoms with Crippen LogP contribution in [0.2, 0.25) is 0 Å². The molecule has 1 aromatic heterocycles. The van der Waals surface area contributed by atoms with E-state index in [-0.39, 0.29) is 35.0 Å². The summed E-state index contributed by atoms with van der Waals surface area (Å²) < 4.78 is 0.926. The first-order valence-corrected chi connectivity index (χ1v) is 9.15. The molecular formula is C21H19N3O4. The number of fused-ring (bicyclic) bond motifs is 2. The van der Waals surface area contributed by atoms with Gasteiger partial charge in [-0.2, -0.15) is 5.10 Å².